The second-order valence-corrected chi connectivity index (χ2v) is 4.96. The zero-order valence-electron chi connectivity index (χ0n) is 13.2. The van der Waals surface area contributed by atoms with E-state index in [4.69, 9.17) is 9.26 Å². The second-order valence-electron chi connectivity index (χ2n) is 4.96. The lowest BCUT2D eigenvalue weighted by Crippen LogP contribution is -2.16. The molecule has 1 N–H and O–H groups in total. The van der Waals surface area contributed by atoms with Gasteiger partial charge in [-0.05, 0) is 19.1 Å². The third-order valence-corrected chi connectivity index (χ3v) is 3.28. The van der Waals surface area contributed by atoms with Crippen LogP contribution in [0.5, 0.6) is 0 Å². The Labute approximate surface area is 138 Å². The molecule has 0 spiro atoms. The molecule has 0 amide bonds. The summed E-state index contributed by atoms with van der Waals surface area (Å²) in [6.07, 6.45) is 1.67. The number of carbonyl (C=O) groups excluding carboxylic acids is 1. The predicted molar refractivity (Wildman–Crippen MR) is 84.4 cm³/mol. The molecule has 0 radical (unpaired) electrons. The van der Waals surface area contributed by atoms with Gasteiger partial charge in [-0.25, -0.2) is 4.79 Å². The average Bonchev–Trinajstić information content (AvgIpc) is 3.25. The van der Waals surface area contributed by atoms with Gasteiger partial charge in [0, 0.05) is 11.8 Å². The Balaban J connectivity index is 1.58. The molecule has 0 saturated carbocycles. The minimum absolute atomic E-state index is 0.168. The molecular formula is C16H17N5O3. The van der Waals surface area contributed by atoms with Gasteiger partial charge in [0.15, 0.2) is 17.3 Å². The van der Waals surface area contributed by atoms with Crippen LogP contribution in [0.2, 0.25) is 0 Å². The topological polar surface area (TPSA) is 95.1 Å². The molecule has 0 atom stereocenters. The number of benzene rings is 1. The van der Waals surface area contributed by atoms with Crippen molar-refractivity contribution in [2.45, 2.75) is 20.0 Å². The number of carbonyl (C=O) groups is 1. The van der Waals surface area contributed by atoms with Crippen molar-refractivity contribution in [2.24, 2.45) is 0 Å². The van der Waals surface area contributed by atoms with Gasteiger partial charge in [-0.15, -0.1) is 10.2 Å². The number of nitrogens with one attached hydrogen (secondary N) is 1. The molecular weight excluding hydrogens is 310 g/mol. The number of aromatic nitrogens is 4. The van der Waals surface area contributed by atoms with E-state index < -0.39 is 5.97 Å². The summed E-state index contributed by atoms with van der Waals surface area (Å²) in [5.41, 5.74) is 1.16. The van der Waals surface area contributed by atoms with Crippen molar-refractivity contribution in [3.63, 3.8) is 0 Å². The van der Waals surface area contributed by atoms with E-state index in [1.807, 2.05) is 34.9 Å². The maximum absolute atomic E-state index is 11.5. The largest absolute Gasteiger partial charge is 0.461 e. The Hall–Kier alpha value is -3.00. The summed E-state index contributed by atoms with van der Waals surface area (Å²) in [5, 5.41) is 14.9. The molecule has 2 heterocycles. The molecule has 3 aromatic rings. The molecule has 24 heavy (non-hydrogen) atoms. The van der Waals surface area contributed by atoms with Gasteiger partial charge in [-0.1, -0.05) is 23.4 Å². The lowest BCUT2D eigenvalue weighted by molar-refractivity contribution is 0.0514. The van der Waals surface area contributed by atoms with Crippen LogP contribution in [-0.4, -0.2) is 32.5 Å². The van der Waals surface area contributed by atoms with Crippen molar-refractivity contribution in [1.82, 2.24) is 25.2 Å². The second kappa shape index (κ2) is 7.51. The Morgan fingerprint density at radius 1 is 1.29 bits per heavy atom. The van der Waals surface area contributed by atoms with Gasteiger partial charge in [-0.2, -0.15) is 0 Å². The SMILES string of the molecule is CCOC(=O)c1cc(CNCc2nncn2-c2ccccc2)on1. The minimum atomic E-state index is -0.490. The van der Waals surface area contributed by atoms with E-state index in [0.29, 0.717) is 25.5 Å². The van der Waals surface area contributed by atoms with Crippen LogP contribution in [-0.2, 0) is 17.8 Å². The Kier molecular flexibility index (Phi) is 4.97. The van der Waals surface area contributed by atoms with Crippen LogP contribution in [0.25, 0.3) is 5.69 Å². The molecule has 0 fully saturated rings. The summed E-state index contributed by atoms with van der Waals surface area (Å²) in [7, 11) is 0. The predicted octanol–water partition coefficient (Wildman–Crippen LogP) is 1.72. The first-order valence-electron chi connectivity index (χ1n) is 7.55. The number of rotatable bonds is 7. The van der Waals surface area contributed by atoms with Crippen LogP contribution in [0.1, 0.15) is 29.0 Å². The van der Waals surface area contributed by atoms with Gasteiger partial charge in [0.25, 0.3) is 0 Å². The van der Waals surface area contributed by atoms with Gasteiger partial charge < -0.3 is 14.6 Å². The van der Waals surface area contributed by atoms with E-state index in [0.717, 1.165) is 11.5 Å². The molecule has 0 unspecified atom stereocenters. The number of hydrogen-bond donors (Lipinski definition) is 1. The molecule has 8 heteroatoms. The highest BCUT2D eigenvalue weighted by molar-refractivity contribution is 5.87. The molecule has 0 aliphatic carbocycles. The summed E-state index contributed by atoms with van der Waals surface area (Å²) in [6.45, 7) is 2.94. The summed E-state index contributed by atoms with van der Waals surface area (Å²) >= 11 is 0. The first kappa shape index (κ1) is 15.9. The van der Waals surface area contributed by atoms with E-state index in [-0.39, 0.29) is 5.69 Å². The number of para-hydroxylation sites is 1. The fourth-order valence-electron chi connectivity index (χ4n) is 2.18. The molecule has 0 bridgehead atoms. The standard InChI is InChI=1S/C16H17N5O3/c1-2-23-16(22)14-8-13(24-20-14)9-17-10-15-19-18-11-21(15)12-6-4-3-5-7-12/h3-8,11,17H,2,9-10H2,1H3. The lowest BCUT2D eigenvalue weighted by atomic mass is 10.3. The van der Waals surface area contributed by atoms with Gasteiger partial charge >= 0.3 is 5.97 Å². The first-order valence-corrected chi connectivity index (χ1v) is 7.55. The third kappa shape index (κ3) is 3.66. The van der Waals surface area contributed by atoms with E-state index in [1.165, 1.54) is 0 Å². The molecule has 0 aliphatic rings. The van der Waals surface area contributed by atoms with E-state index >= 15 is 0 Å². The summed E-state index contributed by atoms with van der Waals surface area (Å²) in [5.74, 6) is 0.825. The fraction of sp³-hybridized carbons (Fsp3) is 0.250. The van der Waals surface area contributed by atoms with Crippen LogP contribution >= 0.6 is 0 Å². The Morgan fingerprint density at radius 2 is 2.12 bits per heavy atom. The third-order valence-electron chi connectivity index (χ3n) is 3.28. The fourth-order valence-corrected chi connectivity index (χ4v) is 2.18. The zero-order chi connectivity index (χ0) is 16.8. The van der Waals surface area contributed by atoms with Gasteiger partial charge in [0.2, 0.25) is 0 Å². The van der Waals surface area contributed by atoms with E-state index in [2.05, 4.69) is 20.7 Å². The highest BCUT2D eigenvalue weighted by Crippen LogP contribution is 2.09. The Morgan fingerprint density at radius 3 is 2.92 bits per heavy atom. The molecule has 0 saturated heterocycles. The zero-order valence-corrected chi connectivity index (χ0v) is 13.2. The van der Waals surface area contributed by atoms with Crippen LogP contribution in [0.15, 0.2) is 47.2 Å². The molecule has 1 aromatic carbocycles. The highest BCUT2D eigenvalue weighted by Gasteiger charge is 2.13. The minimum Gasteiger partial charge on any atom is -0.461 e. The van der Waals surface area contributed by atoms with Crippen molar-refractivity contribution < 1.29 is 14.1 Å². The summed E-state index contributed by atoms with van der Waals surface area (Å²) in [6, 6.07) is 11.4. The smallest absolute Gasteiger partial charge is 0.360 e. The van der Waals surface area contributed by atoms with Crippen molar-refractivity contribution in [3.8, 4) is 5.69 Å². The number of nitrogens with zero attached hydrogens (tertiary/aromatic N) is 4. The van der Waals surface area contributed by atoms with Crippen LogP contribution in [0.4, 0.5) is 0 Å². The highest BCUT2D eigenvalue weighted by atomic mass is 16.5. The van der Waals surface area contributed by atoms with E-state index in [9.17, 15) is 4.79 Å². The summed E-state index contributed by atoms with van der Waals surface area (Å²) in [4.78, 5) is 11.5. The molecule has 0 aliphatic heterocycles. The average molecular weight is 327 g/mol. The number of ether oxygens (including phenoxy) is 1. The van der Waals surface area contributed by atoms with Crippen LogP contribution in [0, 0.1) is 0 Å². The number of hydrogen-bond acceptors (Lipinski definition) is 7. The molecule has 2 aromatic heterocycles. The Bertz CT molecular complexity index is 797. The first-order chi connectivity index (χ1) is 11.8. The van der Waals surface area contributed by atoms with Crippen LogP contribution in [0.3, 0.4) is 0 Å². The van der Waals surface area contributed by atoms with Crippen molar-refractivity contribution in [1.29, 1.82) is 0 Å². The monoisotopic (exact) mass is 327 g/mol. The van der Waals surface area contributed by atoms with Crippen molar-refractivity contribution in [3.05, 3.63) is 60.0 Å². The van der Waals surface area contributed by atoms with Gasteiger partial charge in [-0.3, -0.25) is 4.57 Å². The van der Waals surface area contributed by atoms with Crippen LogP contribution < -0.4 is 5.32 Å². The van der Waals surface area contributed by atoms with Gasteiger partial charge in [0.1, 0.15) is 6.33 Å². The molecule has 8 nitrogen and oxygen atoms in total. The van der Waals surface area contributed by atoms with Crippen molar-refractivity contribution >= 4 is 5.97 Å². The maximum atomic E-state index is 11.5. The van der Waals surface area contributed by atoms with Gasteiger partial charge in [0.05, 0.1) is 19.7 Å². The molecule has 124 valence electrons. The van der Waals surface area contributed by atoms with E-state index in [1.54, 1.807) is 19.3 Å². The number of esters is 1. The summed E-state index contributed by atoms with van der Waals surface area (Å²) < 4.78 is 11.9. The van der Waals surface area contributed by atoms with Crippen molar-refractivity contribution in [2.75, 3.05) is 6.61 Å². The molecule has 3 rings (SSSR count). The lowest BCUT2D eigenvalue weighted by Gasteiger charge is -2.06. The normalized spacial score (nSPS) is 10.7. The maximum Gasteiger partial charge on any atom is 0.360 e. The quantitative estimate of drug-likeness (QED) is 0.660.